The van der Waals surface area contributed by atoms with Crippen LogP contribution in [-0.2, 0) is 4.79 Å². The monoisotopic (exact) mass is 382 g/mol. The van der Waals surface area contributed by atoms with Gasteiger partial charge in [0.25, 0.3) is 5.91 Å². The van der Waals surface area contributed by atoms with E-state index in [1.807, 2.05) is 4.90 Å². The molecule has 1 aromatic heterocycles. The van der Waals surface area contributed by atoms with E-state index in [0.717, 1.165) is 19.3 Å². The maximum Gasteiger partial charge on any atom is 0.255 e. The molecule has 3 heterocycles. The fraction of sp³-hybridized carbons (Fsp3) is 0.450. The molecule has 0 aliphatic carbocycles. The molecule has 28 heavy (non-hydrogen) atoms. The number of carbonyl (C=O) groups is 2. The lowest BCUT2D eigenvalue weighted by atomic mass is 10.1. The van der Waals surface area contributed by atoms with Crippen LogP contribution in [0.15, 0.2) is 28.9 Å². The summed E-state index contributed by atoms with van der Waals surface area (Å²) in [5.41, 5.74) is 0.762. The number of aromatic hydroxyl groups is 1. The Bertz CT molecular complexity index is 947. The van der Waals surface area contributed by atoms with Gasteiger partial charge in [0.15, 0.2) is 0 Å². The van der Waals surface area contributed by atoms with Crippen molar-refractivity contribution in [1.82, 2.24) is 15.1 Å². The van der Waals surface area contributed by atoms with Gasteiger partial charge >= 0.3 is 0 Å². The molecule has 0 unspecified atom stereocenters. The van der Waals surface area contributed by atoms with E-state index in [9.17, 15) is 14.7 Å². The molecule has 8 heteroatoms. The Morgan fingerprint density at radius 3 is 3.00 bits per heavy atom. The Morgan fingerprint density at radius 1 is 1.32 bits per heavy atom. The summed E-state index contributed by atoms with van der Waals surface area (Å²) in [4.78, 5) is 28.8. The number of phenolic OH excluding ortho intramolecular Hbond substituents is 1. The van der Waals surface area contributed by atoms with Crippen LogP contribution in [0.4, 0.5) is 0 Å². The number of rotatable bonds is 4. The van der Waals surface area contributed by atoms with E-state index in [4.69, 9.17) is 9.68 Å². The van der Waals surface area contributed by atoms with Gasteiger partial charge in [-0.15, -0.1) is 0 Å². The third-order valence-corrected chi connectivity index (χ3v) is 5.51. The van der Waals surface area contributed by atoms with Crippen molar-refractivity contribution in [3.05, 3.63) is 30.0 Å². The fourth-order valence-electron chi connectivity index (χ4n) is 4.08. The highest BCUT2D eigenvalue weighted by molar-refractivity contribution is 6.08. The Hall–Kier alpha value is -3.05. The molecule has 1 aromatic carbocycles. The number of hydrogen-bond acceptors (Lipinski definition) is 6. The first kappa shape index (κ1) is 18.3. The first-order valence-corrected chi connectivity index (χ1v) is 9.48. The summed E-state index contributed by atoms with van der Waals surface area (Å²) in [5, 5.41) is 22.5. The van der Waals surface area contributed by atoms with Crippen molar-refractivity contribution in [2.24, 2.45) is 0 Å². The Kier molecular flexibility index (Phi) is 4.92. The molecule has 2 N–H and O–H groups in total. The zero-order valence-corrected chi connectivity index (χ0v) is 15.4. The largest absolute Gasteiger partial charge is 0.507 e. The molecule has 0 bridgehead atoms. The lowest BCUT2D eigenvalue weighted by Crippen LogP contribution is -2.43. The average Bonchev–Trinajstić information content (AvgIpc) is 3.41. The first-order chi connectivity index (χ1) is 13.6. The minimum atomic E-state index is -0.312. The Labute approximate surface area is 162 Å². The third kappa shape index (κ3) is 3.41. The van der Waals surface area contributed by atoms with E-state index in [1.165, 1.54) is 12.3 Å². The van der Waals surface area contributed by atoms with Gasteiger partial charge < -0.3 is 19.7 Å². The molecule has 0 spiro atoms. The van der Waals surface area contributed by atoms with Crippen molar-refractivity contribution in [3.8, 4) is 11.8 Å². The molecule has 2 amide bonds. The first-order valence-electron chi connectivity index (χ1n) is 9.48. The van der Waals surface area contributed by atoms with Crippen LogP contribution in [0.25, 0.3) is 11.0 Å². The van der Waals surface area contributed by atoms with Gasteiger partial charge in [-0.1, -0.05) is 6.07 Å². The molecule has 0 saturated carbocycles. The quantitative estimate of drug-likeness (QED) is 0.828. The summed E-state index contributed by atoms with van der Waals surface area (Å²) in [6.07, 6.45) is 3.70. The number of nitrogens with one attached hydrogen (secondary N) is 1. The predicted molar refractivity (Wildman–Crippen MR) is 101 cm³/mol. The summed E-state index contributed by atoms with van der Waals surface area (Å²) in [5.74, 6) is -0.322. The molecule has 2 saturated heterocycles. The number of hydrogen-bond donors (Lipinski definition) is 2. The minimum Gasteiger partial charge on any atom is -0.507 e. The molecule has 2 fully saturated rings. The lowest BCUT2D eigenvalue weighted by molar-refractivity contribution is -0.132. The van der Waals surface area contributed by atoms with Crippen molar-refractivity contribution in [2.45, 2.75) is 31.3 Å². The normalized spacial score (nSPS) is 22.5. The average molecular weight is 382 g/mol. The minimum absolute atomic E-state index is 0.00713. The van der Waals surface area contributed by atoms with Crippen molar-refractivity contribution in [1.29, 1.82) is 5.26 Å². The maximum absolute atomic E-state index is 12.6. The van der Waals surface area contributed by atoms with Gasteiger partial charge in [0.05, 0.1) is 23.6 Å². The standard InChI is InChI=1S/C20H22N4O4/c21-9-14-3-2-7-24(14)18(26)11-23-8-6-13(10-23)22-20(27)15-12-28-17-5-1-4-16(25)19(15)17/h1,4-5,12-14,25H,2-3,6-8,10-11H2,(H,22,27)/t13-,14-/m0/s1. The van der Waals surface area contributed by atoms with Crippen molar-refractivity contribution >= 4 is 22.8 Å². The number of nitriles is 1. The summed E-state index contributed by atoms with van der Waals surface area (Å²) in [6, 6.07) is 6.67. The molecular formula is C20H22N4O4. The van der Waals surface area contributed by atoms with Gasteiger partial charge in [0, 0.05) is 25.7 Å². The molecule has 8 nitrogen and oxygen atoms in total. The zero-order valence-electron chi connectivity index (χ0n) is 15.4. The number of carbonyl (C=O) groups excluding carboxylic acids is 2. The van der Waals surface area contributed by atoms with E-state index in [1.54, 1.807) is 17.0 Å². The number of phenols is 1. The smallest absolute Gasteiger partial charge is 0.255 e. The van der Waals surface area contributed by atoms with E-state index in [2.05, 4.69) is 11.4 Å². The Morgan fingerprint density at radius 2 is 2.18 bits per heavy atom. The maximum atomic E-state index is 12.6. The highest BCUT2D eigenvalue weighted by atomic mass is 16.3. The highest BCUT2D eigenvalue weighted by Crippen LogP contribution is 2.29. The van der Waals surface area contributed by atoms with E-state index < -0.39 is 0 Å². The summed E-state index contributed by atoms with van der Waals surface area (Å²) >= 11 is 0. The number of likely N-dealkylation sites (tertiary alicyclic amines) is 2. The van der Waals surface area contributed by atoms with E-state index in [0.29, 0.717) is 36.2 Å². The van der Waals surface area contributed by atoms with Crippen molar-refractivity contribution in [2.75, 3.05) is 26.2 Å². The molecule has 2 aromatic rings. The van der Waals surface area contributed by atoms with Crippen LogP contribution < -0.4 is 5.32 Å². The Balaban J connectivity index is 1.35. The molecule has 2 aliphatic heterocycles. The van der Waals surface area contributed by atoms with Gasteiger partial charge in [-0.25, -0.2) is 0 Å². The highest BCUT2D eigenvalue weighted by Gasteiger charge is 2.32. The summed E-state index contributed by atoms with van der Waals surface area (Å²) in [7, 11) is 0. The summed E-state index contributed by atoms with van der Waals surface area (Å²) < 4.78 is 5.36. The molecule has 4 rings (SSSR count). The van der Waals surface area contributed by atoms with Crippen LogP contribution in [0.2, 0.25) is 0 Å². The van der Waals surface area contributed by atoms with Gasteiger partial charge in [0.1, 0.15) is 23.6 Å². The van der Waals surface area contributed by atoms with Gasteiger partial charge in [-0.05, 0) is 31.4 Å². The zero-order chi connectivity index (χ0) is 19.7. The third-order valence-electron chi connectivity index (χ3n) is 5.51. The second kappa shape index (κ2) is 7.52. The van der Waals surface area contributed by atoms with E-state index in [-0.39, 0.29) is 36.2 Å². The summed E-state index contributed by atoms with van der Waals surface area (Å²) in [6.45, 7) is 2.19. The van der Waals surface area contributed by atoms with Crippen LogP contribution in [0, 0.1) is 11.3 Å². The van der Waals surface area contributed by atoms with Crippen LogP contribution in [0.5, 0.6) is 5.75 Å². The van der Waals surface area contributed by atoms with E-state index >= 15 is 0 Å². The number of amides is 2. The number of furan rings is 1. The second-order valence-electron chi connectivity index (χ2n) is 7.37. The van der Waals surface area contributed by atoms with Crippen molar-refractivity contribution < 1.29 is 19.1 Å². The molecule has 2 aliphatic rings. The van der Waals surface area contributed by atoms with Crippen molar-refractivity contribution in [3.63, 3.8) is 0 Å². The fourth-order valence-corrected chi connectivity index (χ4v) is 4.08. The number of benzene rings is 1. The SMILES string of the molecule is N#C[C@@H]1CCCN1C(=O)CN1CC[C@H](NC(=O)c2coc3cccc(O)c23)C1. The molecule has 0 radical (unpaired) electrons. The predicted octanol–water partition coefficient (Wildman–Crippen LogP) is 1.46. The second-order valence-corrected chi connectivity index (χ2v) is 7.37. The van der Waals surface area contributed by atoms with Gasteiger partial charge in [-0.3, -0.25) is 14.5 Å². The van der Waals surface area contributed by atoms with Crippen LogP contribution in [0.3, 0.4) is 0 Å². The van der Waals surface area contributed by atoms with Gasteiger partial charge in [-0.2, -0.15) is 5.26 Å². The van der Waals surface area contributed by atoms with Gasteiger partial charge in [0.2, 0.25) is 5.91 Å². The van der Waals surface area contributed by atoms with Crippen LogP contribution in [0.1, 0.15) is 29.6 Å². The molecule has 146 valence electrons. The van der Waals surface area contributed by atoms with Crippen LogP contribution in [-0.4, -0.2) is 65.0 Å². The number of nitrogens with zero attached hydrogens (tertiary/aromatic N) is 3. The number of fused-ring (bicyclic) bond motifs is 1. The molecular weight excluding hydrogens is 360 g/mol. The topological polar surface area (TPSA) is 110 Å². The van der Waals surface area contributed by atoms with Crippen LogP contribution >= 0.6 is 0 Å². The molecule has 2 atom stereocenters. The lowest BCUT2D eigenvalue weighted by Gasteiger charge is -2.23.